The minimum Gasteiger partial charge on any atom is -0.388 e. The van der Waals surface area contributed by atoms with Crippen LogP contribution in [0, 0.1) is 0 Å². The van der Waals surface area contributed by atoms with Crippen molar-refractivity contribution in [3.8, 4) is 0 Å². The number of hydrogen-bond acceptors (Lipinski definition) is 1. The largest absolute Gasteiger partial charge is 0.416 e. The minimum absolute atomic E-state index is 0.467. The predicted octanol–water partition coefficient (Wildman–Crippen LogP) is 3.71. The van der Waals surface area contributed by atoms with Crippen molar-refractivity contribution in [2.45, 2.75) is 25.1 Å². The summed E-state index contributed by atoms with van der Waals surface area (Å²) in [5.41, 5.74) is -0.206. The second-order valence-corrected chi connectivity index (χ2v) is 3.50. The van der Waals surface area contributed by atoms with Crippen molar-refractivity contribution < 1.29 is 18.3 Å². The smallest absolute Gasteiger partial charge is 0.388 e. The summed E-state index contributed by atoms with van der Waals surface area (Å²) in [4.78, 5) is 0. The number of allylic oxidation sites excluding steroid dienone is 1. The maximum absolute atomic E-state index is 12.2. The van der Waals surface area contributed by atoms with E-state index in [1.165, 1.54) is 12.1 Å². The van der Waals surface area contributed by atoms with E-state index in [0.29, 0.717) is 18.4 Å². The van der Waals surface area contributed by atoms with Crippen LogP contribution in [0.15, 0.2) is 36.9 Å². The van der Waals surface area contributed by atoms with Gasteiger partial charge in [-0.25, -0.2) is 0 Å². The molecule has 0 aliphatic carbocycles. The summed E-state index contributed by atoms with van der Waals surface area (Å²) in [7, 11) is 0. The van der Waals surface area contributed by atoms with Gasteiger partial charge in [-0.2, -0.15) is 13.2 Å². The standard InChI is InChI=1S/C12H13F3O/c1-2-3-4-11(16)9-5-7-10(8-6-9)12(13,14)15/h2,5-8,11,16H,1,3-4H2. The molecule has 1 aromatic rings. The molecule has 0 amide bonds. The monoisotopic (exact) mass is 230 g/mol. The van der Waals surface area contributed by atoms with Gasteiger partial charge >= 0.3 is 6.18 Å². The second kappa shape index (κ2) is 5.16. The van der Waals surface area contributed by atoms with E-state index in [4.69, 9.17) is 0 Å². The third kappa shape index (κ3) is 3.38. The molecule has 1 unspecified atom stereocenters. The molecular weight excluding hydrogens is 217 g/mol. The first-order chi connectivity index (χ1) is 7.45. The van der Waals surface area contributed by atoms with Crippen molar-refractivity contribution in [3.63, 3.8) is 0 Å². The number of aliphatic hydroxyl groups is 1. The van der Waals surface area contributed by atoms with E-state index in [0.717, 1.165) is 12.1 Å². The highest BCUT2D eigenvalue weighted by Crippen LogP contribution is 2.30. The van der Waals surface area contributed by atoms with Gasteiger partial charge in [0.1, 0.15) is 0 Å². The van der Waals surface area contributed by atoms with E-state index in [9.17, 15) is 18.3 Å². The van der Waals surface area contributed by atoms with Gasteiger partial charge in [-0.15, -0.1) is 6.58 Å². The lowest BCUT2D eigenvalue weighted by atomic mass is 10.0. The molecule has 1 nitrogen and oxygen atoms in total. The fraction of sp³-hybridized carbons (Fsp3) is 0.333. The molecule has 0 aliphatic rings. The fourth-order valence-electron chi connectivity index (χ4n) is 1.34. The Hall–Kier alpha value is -1.29. The van der Waals surface area contributed by atoms with Crippen molar-refractivity contribution in [1.29, 1.82) is 0 Å². The molecule has 0 heterocycles. The summed E-state index contributed by atoms with van der Waals surface area (Å²) in [5.74, 6) is 0. The Labute approximate surface area is 92.2 Å². The van der Waals surface area contributed by atoms with Crippen LogP contribution in [0.2, 0.25) is 0 Å². The molecule has 88 valence electrons. The highest BCUT2D eigenvalue weighted by molar-refractivity contribution is 5.26. The first-order valence-corrected chi connectivity index (χ1v) is 4.91. The zero-order valence-electron chi connectivity index (χ0n) is 8.67. The Kier molecular flexibility index (Phi) is 4.12. The molecular formula is C12H13F3O. The van der Waals surface area contributed by atoms with E-state index < -0.39 is 17.8 Å². The van der Waals surface area contributed by atoms with Gasteiger partial charge in [0.15, 0.2) is 0 Å². The zero-order valence-corrected chi connectivity index (χ0v) is 8.67. The fourth-order valence-corrected chi connectivity index (χ4v) is 1.34. The molecule has 0 radical (unpaired) electrons. The molecule has 1 atom stereocenters. The Morgan fingerprint density at radius 2 is 1.81 bits per heavy atom. The maximum atomic E-state index is 12.2. The van der Waals surface area contributed by atoms with Gasteiger partial charge in [-0.3, -0.25) is 0 Å². The maximum Gasteiger partial charge on any atom is 0.416 e. The van der Waals surface area contributed by atoms with Crippen LogP contribution in [0.1, 0.15) is 30.1 Å². The van der Waals surface area contributed by atoms with Gasteiger partial charge < -0.3 is 5.11 Å². The van der Waals surface area contributed by atoms with Crippen LogP contribution in [0.4, 0.5) is 13.2 Å². The Morgan fingerprint density at radius 1 is 1.25 bits per heavy atom. The van der Waals surface area contributed by atoms with Crippen molar-refractivity contribution in [3.05, 3.63) is 48.0 Å². The van der Waals surface area contributed by atoms with Crippen LogP contribution >= 0.6 is 0 Å². The quantitative estimate of drug-likeness (QED) is 0.782. The van der Waals surface area contributed by atoms with Crippen molar-refractivity contribution in [2.24, 2.45) is 0 Å². The number of aliphatic hydroxyl groups excluding tert-OH is 1. The van der Waals surface area contributed by atoms with Gasteiger partial charge in [-0.1, -0.05) is 18.2 Å². The summed E-state index contributed by atoms with van der Waals surface area (Å²) in [6, 6.07) is 4.56. The van der Waals surface area contributed by atoms with Crippen LogP contribution in [0.25, 0.3) is 0 Å². The van der Waals surface area contributed by atoms with Crippen LogP contribution in [0.5, 0.6) is 0 Å². The van der Waals surface area contributed by atoms with Gasteiger partial charge in [0, 0.05) is 0 Å². The lowest BCUT2D eigenvalue weighted by Gasteiger charge is -2.11. The van der Waals surface area contributed by atoms with Crippen LogP contribution in [0.3, 0.4) is 0 Å². The topological polar surface area (TPSA) is 20.2 Å². The summed E-state index contributed by atoms with van der Waals surface area (Å²) >= 11 is 0. The minimum atomic E-state index is -4.33. The number of hydrogen-bond donors (Lipinski definition) is 1. The molecule has 0 fully saturated rings. The van der Waals surface area contributed by atoms with Crippen molar-refractivity contribution >= 4 is 0 Å². The van der Waals surface area contributed by atoms with Crippen LogP contribution in [-0.4, -0.2) is 5.11 Å². The lowest BCUT2D eigenvalue weighted by Crippen LogP contribution is -2.05. The van der Waals surface area contributed by atoms with Gasteiger partial charge in [-0.05, 0) is 30.5 Å². The average molecular weight is 230 g/mol. The van der Waals surface area contributed by atoms with Crippen LogP contribution < -0.4 is 0 Å². The Morgan fingerprint density at radius 3 is 2.25 bits per heavy atom. The van der Waals surface area contributed by atoms with E-state index >= 15 is 0 Å². The lowest BCUT2D eigenvalue weighted by molar-refractivity contribution is -0.137. The molecule has 0 spiro atoms. The van der Waals surface area contributed by atoms with Gasteiger partial charge in [0.25, 0.3) is 0 Å². The first-order valence-electron chi connectivity index (χ1n) is 4.91. The molecule has 1 aromatic carbocycles. The predicted molar refractivity (Wildman–Crippen MR) is 55.8 cm³/mol. The summed E-state index contributed by atoms with van der Waals surface area (Å²) in [6.45, 7) is 3.51. The number of benzene rings is 1. The summed E-state index contributed by atoms with van der Waals surface area (Å²) in [5, 5.41) is 9.62. The molecule has 1 N–H and O–H groups in total. The third-order valence-corrected chi connectivity index (χ3v) is 2.27. The highest BCUT2D eigenvalue weighted by atomic mass is 19.4. The molecule has 0 bridgehead atoms. The Bertz CT molecular complexity index is 340. The number of alkyl halides is 3. The molecule has 1 rings (SSSR count). The van der Waals surface area contributed by atoms with E-state index in [1.54, 1.807) is 6.08 Å². The SMILES string of the molecule is C=CCCC(O)c1ccc(C(F)(F)F)cc1. The number of rotatable bonds is 4. The van der Waals surface area contributed by atoms with E-state index in [2.05, 4.69) is 6.58 Å². The van der Waals surface area contributed by atoms with E-state index in [1.807, 2.05) is 0 Å². The van der Waals surface area contributed by atoms with Gasteiger partial charge in [0.2, 0.25) is 0 Å². The van der Waals surface area contributed by atoms with Crippen molar-refractivity contribution in [1.82, 2.24) is 0 Å². The third-order valence-electron chi connectivity index (χ3n) is 2.27. The molecule has 0 saturated carbocycles. The first kappa shape index (κ1) is 12.8. The van der Waals surface area contributed by atoms with Crippen molar-refractivity contribution in [2.75, 3.05) is 0 Å². The van der Waals surface area contributed by atoms with E-state index in [-0.39, 0.29) is 0 Å². The second-order valence-electron chi connectivity index (χ2n) is 3.50. The van der Waals surface area contributed by atoms with Gasteiger partial charge in [0.05, 0.1) is 11.7 Å². The molecule has 0 aromatic heterocycles. The molecule has 16 heavy (non-hydrogen) atoms. The summed E-state index contributed by atoms with van der Waals surface area (Å²) < 4.78 is 36.7. The number of halogens is 3. The zero-order chi connectivity index (χ0) is 12.2. The molecule has 4 heteroatoms. The molecule has 0 saturated heterocycles. The van der Waals surface area contributed by atoms with Crippen LogP contribution in [-0.2, 0) is 6.18 Å². The summed E-state index contributed by atoms with van der Waals surface area (Å²) in [6.07, 6.45) is -2.31. The molecule has 0 aliphatic heterocycles. The Balaban J connectivity index is 2.74. The highest BCUT2D eigenvalue weighted by Gasteiger charge is 2.30. The normalized spacial score (nSPS) is 13.5. The average Bonchev–Trinajstić information content (AvgIpc) is 2.25.